The predicted octanol–water partition coefficient (Wildman–Crippen LogP) is 4.52. The SMILES string of the molecule is Cc1ccccc1-c1nnc(C)n1-c1ccc(OCc2cc(Cl)n(C)n2)cc1. The quantitative estimate of drug-likeness (QED) is 0.500. The molecule has 0 aliphatic heterocycles. The van der Waals surface area contributed by atoms with Gasteiger partial charge in [0, 0.05) is 24.4 Å². The molecule has 28 heavy (non-hydrogen) atoms. The van der Waals surface area contributed by atoms with Gasteiger partial charge in [-0.3, -0.25) is 9.25 Å². The van der Waals surface area contributed by atoms with Crippen molar-refractivity contribution < 1.29 is 4.74 Å². The summed E-state index contributed by atoms with van der Waals surface area (Å²) in [4.78, 5) is 0. The Bertz CT molecular complexity index is 1090. The summed E-state index contributed by atoms with van der Waals surface area (Å²) in [6.07, 6.45) is 0. The maximum Gasteiger partial charge on any atom is 0.168 e. The zero-order chi connectivity index (χ0) is 19.7. The van der Waals surface area contributed by atoms with Crippen molar-refractivity contribution in [3.63, 3.8) is 0 Å². The van der Waals surface area contributed by atoms with Gasteiger partial charge in [0.1, 0.15) is 29.0 Å². The maximum atomic E-state index is 6.01. The second-order valence-electron chi connectivity index (χ2n) is 6.59. The Labute approximate surface area is 168 Å². The fourth-order valence-electron chi connectivity index (χ4n) is 3.09. The lowest BCUT2D eigenvalue weighted by Gasteiger charge is -2.11. The Morgan fingerprint density at radius 1 is 1.00 bits per heavy atom. The molecule has 0 bridgehead atoms. The number of nitrogens with zero attached hydrogens (tertiary/aromatic N) is 5. The Balaban J connectivity index is 1.58. The average Bonchev–Trinajstić information content (AvgIpc) is 3.23. The average molecular weight is 394 g/mol. The molecule has 2 aromatic heterocycles. The van der Waals surface area contributed by atoms with Crippen LogP contribution in [-0.4, -0.2) is 24.5 Å². The number of hydrogen-bond acceptors (Lipinski definition) is 4. The molecule has 0 N–H and O–H groups in total. The van der Waals surface area contributed by atoms with Gasteiger partial charge in [0.05, 0.1) is 0 Å². The van der Waals surface area contributed by atoms with E-state index in [9.17, 15) is 0 Å². The molecular weight excluding hydrogens is 374 g/mol. The van der Waals surface area contributed by atoms with E-state index in [-0.39, 0.29) is 0 Å². The van der Waals surface area contributed by atoms with E-state index in [0.29, 0.717) is 11.8 Å². The summed E-state index contributed by atoms with van der Waals surface area (Å²) < 4.78 is 9.48. The van der Waals surface area contributed by atoms with Crippen molar-refractivity contribution in [3.05, 3.63) is 76.8 Å². The van der Waals surface area contributed by atoms with Crippen molar-refractivity contribution in [2.45, 2.75) is 20.5 Å². The van der Waals surface area contributed by atoms with Gasteiger partial charge in [-0.2, -0.15) is 5.10 Å². The van der Waals surface area contributed by atoms with Gasteiger partial charge in [0.25, 0.3) is 0 Å². The normalized spacial score (nSPS) is 11.0. The van der Waals surface area contributed by atoms with Crippen molar-refractivity contribution >= 4 is 11.6 Å². The van der Waals surface area contributed by atoms with Crippen LogP contribution in [0.2, 0.25) is 5.15 Å². The van der Waals surface area contributed by atoms with E-state index in [2.05, 4.69) is 34.4 Å². The molecule has 0 spiro atoms. The van der Waals surface area contributed by atoms with Crippen LogP contribution < -0.4 is 4.74 Å². The maximum absolute atomic E-state index is 6.01. The van der Waals surface area contributed by atoms with Crippen LogP contribution in [0.1, 0.15) is 17.1 Å². The molecule has 0 radical (unpaired) electrons. The highest BCUT2D eigenvalue weighted by molar-refractivity contribution is 6.29. The Morgan fingerprint density at radius 2 is 1.75 bits per heavy atom. The van der Waals surface area contributed by atoms with Crippen LogP contribution >= 0.6 is 11.6 Å². The summed E-state index contributed by atoms with van der Waals surface area (Å²) in [6, 6.07) is 17.8. The minimum atomic E-state index is 0.361. The fraction of sp³-hybridized carbons (Fsp3) is 0.190. The van der Waals surface area contributed by atoms with Gasteiger partial charge in [-0.1, -0.05) is 35.9 Å². The standard InChI is InChI=1S/C21H20ClN5O/c1-14-6-4-5-7-19(14)21-24-23-15(2)27(21)17-8-10-18(11-9-17)28-13-16-12-20(22)26(3)25-16/h4-12H,13H2,1-3H3. The van der Waals surface area contributed by atoms with Crippen LogP contribution in [-0.2, 0) is 13.7 Å². The van der Waals surface area contributed by atoms with Gasteiger partial charge in [-0.25, -0.2) is 0 Å². The Hall–Kier alpha value is -3.12. The van der Waals surface area contributed by atoms with Gasteiger partial charge in [0.15, 0.2) is 5.82 Å². The highest BCUT2D eigenvalue weighted by Crippen LogP contribution is 2.26. The lowest BCUT2D eigenvalue weighted by molar-refractivity contribution is 0.300. The summed E-state index contributed by atoms with van der Waals surface area (Å²) in [5, 5.41) is 13.5. The zero-order valence-electron chi connectivity index (χ0n) is 15.9. The predicted molar refractivity (Wildman–Crippen MR) is 109 cm³/mol. The number of benzene rings is 2. The molecule has 0 saturated heterocycles. The van der Waals surface area contributed by atoms with Crippen LogP contribution in [0.25, 0.3) is 17.1 Å². The van der Waals surface area contributed by atoms with Crippen LogP contribution in [0.3, 0.4) is 0 Å². The molecule has 0 amide bonds. The summed E-state index contributed by atoms with van der Waals surface area (Å²) in [6.45, 7) is 4.38. The monoisotopic (exact) mass is 393 g/mol. The number of rotatable bonds is 5. The Morgan fingerprint density at radius 3 is 2.43 bits per heavy atom. The van der Waals surface area contributed by atoms with Crippen molar-refractivity contribution in [2.24, 2.45) is 7.05 Å². The minimum Gasteiger partial charge on any atom is -0.487 e. The molecule has 0 aliphatic carbocycles. The smallest absolute Gasteiger partial charge is 0.168 e. The third-order valence-corrected chi connectivity index (χ3v) is 4.92. The molecule has 142 valence electrons. The molecule has 6 nitrogen and oxygen atoms in total. The zero-order valence-corrected chi connectivity index (χ0v) is 16.7. The first-order valence-electron chi connectivity index (χ1n) is 8.92. The lowest BCUT2D eigenvalue weighted by Crippen LogP contribution is -2.01. The first-order valence-corrected chi connectivity index (χ1v) is 9.30. The van der Waals surface area contributed by atoms with Crippen LogP contribution in [0.5, 0.6) is 5.75 Å². The number of halogens is 1. The third kappa shape index (κ3) is 3.51. The first kappa shape index (κ1) is 18.3. The van der Waals surface area contributed by atoms with E-state index in [4.69, 9.17) is 16.3 Å². The molecule has 4 rings (SSSR count). The molecule has 0 aliphatic rings. The van der Waals surface area contributed by atoms with E-state index in [1.54, 1.807) is 17.8 Å². The van der Waals surface area contributed by atoms with E-state index < -0.39 is 0 Å². The highest BCUT2D eigenvalue weighted by atomic mass is 35.5. The topological polar surface area (TPSA) is 57.8 Å². The molecule has 7 heteroatoms. The van der Waals surface area contributed by atoms with Crippen molar-refractivity contribution in [2.75, 3.05) is 0 Å². The molecule has 0 fully saturated rings. The molecule has 0 atom stereocenters. The molecule has 0 saturated carbocycles. The van der Waals surface area contributed by atoms with Crippen LogP contribution in [0, 0.1) is 13.8 Å². The summed E-state index contributed by atoms with van der Waals surface area (Å²) >= 11 is 6.01. The van der Waals surface area contributed by atoms with E-state index in [1.165, 1.54) is 0 Å². The second kappa shape index (κ2) is 7.48. The Kier molecular flexibility index (Phi) is 4.88. The highest BCUT2D eigenvalue weighted by Gasteiger charge is 2.14. The first-order chi connectivity index (χ1) is 13.5. The molecule has 2 aromatic carbocycles. The van der Waals surface area contributed by atoms with Gasteiger partial charge in [-0.15, -0.1) is 10.2 Å². The second-order valence-corrected chi connectivity index (χ2v) is 6.97. The largest absolute Gasteiger partial charge is 0.487 e. The fourth-order valence-corrected chi connectivity index (χ4v) is 3.25. The van der Waals surface area contributed by atoms with Gasteiger partial charge in [-0.05, 0) is 43.7 Å². The third-order valence-electron chi connectivity index (χ3n) is 4.57. The molecule has 4 aromatic rings. The van der Waals surface area contributed by atoms with Crippen molar-refractivity contribution in [1.82, 2.24) is 24.5 Å². The van der Waals surface area contributed by atoms with Gasteiger partial charge in [0.2, 0.25) is 0 Å². The van der Waals surface area contributed by atoms with Crippen LogP contribution in [0.15, 0.2) is 54.6 Å². The van der Waals surface area contributed by atoms with E-state index in [1.807, 2.05) is 47.9 Å². The molecular formula is C21H20ClN5O. The van der Waals surface area contributed by atoms with Crippen molar-refractivity contribution in [1.29, 1.82) is 0 Å². The summed E-state index contributed by atoms with van der Waals surface area (Å²) in [5.41, 5.74) is 3.99. The summed E-state index contributed by atoms with van der Waals surface area (Å²) in [7, 11) is 1.80. The van der Waals surface area contributed by atoms with Crippen LogP contribution in [0.4, 0.5) is 0 Å². The molecule has 0 unspecified atom stereocenters. The van der Waals surface area contributed by atoms with Crippen molar-refractivity contribution in [3.8, 4) is 22.8 Å². The van der Waals surface area contributed by atoms with E-state index >= 15 is 0 Å². The molecule has 2 heterocycles. The number of aryl methyl sites for hydroxylation is 3. The number of hydrogen-bond donors (Lipinski definition) is 0. The number of ether oxygens (including phenoxy) is 1. The lowest BCUT2D eigenvalue weighted by atomic mass is 10.1. The van der Waals surface area contributed by atoms with Gasteiger partial charge < -0.3 is 4.74 Å². The minimum absolute atomic E-state index is 0.361. The van der Waals surface area contributed by atoms with E-state index in [0.717, 1.165) is 39.9 Å². The van der Waals surface area contributed by atoms with Gasteiger partial charge >= 0.3 is 0 Å². The number of aromatic nitrogens is 5. The summed E-state index contributed by atoms with van der Waals surface area (Å²) in [5.74, 6) is 2.41.